The number of aliphatic carboxylic acids is 1. The predicted octanol–water partition coefficient (Wildman–Crippen LogP) is 3.94. The van der Waals surface area contributed by atoms with Crippen molar-refractivity contribution in [3.05, 3.63) is 42.5 Å². The van der Waals surface area contributed by atoms with Gasteiger partial charge in [0.25, 0.3) is 0 Å². The Morgan fingerprint density at radius 3 is 2.59 bits per heavy atom. The highest BCUT2D eigenvalue weighted by Gasteiger charge is 2.22. The molecular weight excluding hydrogens is 348 g/mol. The van der Waals surface area contributed by atoms with Crippen LogP contribution in [-0.4, -0.2) is 28.6 Å². The molecule has 0 aliphatic carbocycles. The summed E-state index contributed by atoms with van der Waals surface area (Å²) in [4.78, 5) is 27.6. The SMILES string of the molecule is CC(C)(C)C(=O)Nc1ccc(OCC(=O)O)c(-c2nc3ccccc3o2)c1. The average Bonchev–Trinajstić information content (AvgIpc) is 3.03. The molecule has 140 valence electrons. The van der Waals surface area contributed by atoms with Crippen LogP contribution in [0, 0.1) is 5.41 Å². The summed E-state index contributed by atoms with van der Waals surface area (Å²) < 4.78 is 11.1. The van der Waals surface area contributed by atoms with Gasteiger partial charge in [-0.05, 0) is 30.3 Å². The third-order valence-electron chi connectivity index (χ3n) is 3.79. The van der Waals surface area contributed by atoms with Crippen LogP contribution in [0.2, 0.25) is 0 Å². The molecule has 0 saturated heterocycles. The van der Waals surface area contributed by atoms with Crippen LogP contribution in [-0.2, 0) is 9.59 Å². The molecule has 0 unspecified atom stereocenters. The molecule has 0 aliphatic heterocycles. The number of hydrogen-bond donors (Lipinski definition) is 2. The lowest BCUT2D eigenvalue weighted by Crippen LogP contribution is -2.27. The average molecular weight is 368 g/mol. The van der Waals surface area contributed by atoms with Crippen molar-refractivity contribution in [2.45, 2.75) is 20.8 Å². The number of hydrogen-bond acceptors (Lipinski definition) is 5. The van der Waals surface area contributed by atoms with Crippen LogP contribution in [0.5, 0.6) is 5.75 Å². The predicted molar refractivity (Wildman–Crippen MR) is 101 cm³/mol. The maximum Gasteiger partial charge on any atom is 0.341 e. The first-order chi connectivity index (χ1) is 12.7. The summed E-state index contributed by atoms with van der Waals surface area (Å²) in [6.07, 6.45) is 0. The standard InChI is InChI=1S/C20H20N2O5/c1-20(2,3)19(25)21-12-8-9-15(26-11-17(23)24)13(10-12)18-22-14-6-4-5-7-16(14)27-18/h4-10H,11H2,1-3H3,(H,21,25)(H,23,24). The lowest BCUT2D eigenvalue weighted by atomic mass is 9.95. The van der Waals surface area contributed by atoms with Crippen LogP contribution in [0.25, 0.3) is 22.6 Å². The summed E-state index contributed by atoms with van der Waals surface area (Å²) in [5.74, 6) is -0.657. The Labute approximate surface area is 156 Å². The van der Waals surface area contributed by atoms with Gasteiger partial charge in [-0.1, -0.05) is 32.9 Å². The Balaban J connectivity index is 2.02. The molecule has 27 heavy (non-hydrogen) atoms. The number of carbonyl (C=O) groups excluding carboxylic acids is 1. The van der Waals surface area contributed by atoms with E-state index in [9.17, 15) is 9.59 Å². The fraction of sp³-hybridized carbons (Fsp3) is 0.250. The van der Waals surface area contributed by atoms with E-state index in [0.29, 0.717) is 28.1 Å². The second kappa shape index (κ2) is 7.11. The molecule has 7 heteroatoms. The maximum atomic E-state index is 12.3. The van der Waals surface area contributed by atoms with Gasteiger partial charge in [0, 0.05) is 11.1 Å². The Bertz CT molecular complexity index is 968. The summed E-state index contributed by atoms with van der Waals surface area (Å²) >= 11 is 0. The van der Waals surface area contributed by atoms with E-state index in [1.54, 1.807) is 24.3 Å². The first kappa shape index (κ1) is 18.4. The Kier molecular flexibility index (Phi) is 4.85. The zero-order valence-corrected chi connectivity index (χ0v) is 15.3. The van der Waals surface area contributed by atoms with Crippen LogP contribution < -0.4 is 10.1 Å². The van der Waals surface area contributed by atoms with Crippen LogP contribution in [0.3, 0.4) is 0 Å². The molecule has 0 spiro atoms. The van der Waals surface area contributed by atoms with E-state index in [1.807, 2.05) is 39.0 Å². The third-order valence-corrected chi connectivity index (χ3v) is 3.79. The van der Waals surface area contributed by atoms with E-state index in [4.69, 9.17) is 14.3 Å². The van der Waals surface area contributed by atoms with E-state index >= 15 is 0 Å². The monoisotopic (exact) mass is 368 g/mol. The molecular formula is C20H20N2O5. The van der Waals surface area contributed by atoms with E-state index in [2.05, 4.69) is 10.3 Å². The number of carboxylic acid groups (broad SMARTS) is 1. The van der Waals surface area contributed by atoms with Crippen molar-refractivity contribution >= 4 is 28.7 Å². The zero-order chi connectivity index (χ0) is 19.6. The molecule has 1 amide bonds. The topological polar surface area (TPSA) is 102 Å². The number of carboxylic acids is 1. The van der Waals surface area contributed by atoms with Crippen LogP contribution >= 0.6 is 0 Å². The van der Waals surface area contributed by atoms with Gasteiger partial charge in [0.1, 0.15) is 11.3 Å². The molecule has 0 bridgehead atoms. The van der Waals surface area contributed by atoms with Gasteiger partial charge in [0.15, 0.2) is 12.2 Å². The second-order valence-electron chi connectivity index (χ2n) is 7.08. The molecule has 0 saturated carbocycles. The largest absolute Gasteiger partial charge is 0.481 e. The van der Waals surface area contributed by atoms with Gasteiger partial charge in [-0.2, -0.15) is 0 Å². The number of anilines is 1. The van der Waals surface area contributed by atoms with Crippen molar-refractivity contribution in [3.8, 4) is 17.2 Å². The number of para-hydroxylation sites is 2. The first-order valence-corrected chi connectivity index (χ1v) is 8.40. The van der Waals surface area contributed by atoms with E-state index in [0.717, 1.165) is 0 Å². The minimum absolute atomic E-state index is 0.148. The number of oxazole rings is 1. The smallest absolute Gasteiger partial charge is 0.341 e. The minimum Gasteiger partial charge on any atom is -0.481 e. The molecule has 2 aromatic carbocycles. The highest BCUT2D eigenvalue weighted by molar-refractivity contribution is 5.95. The van der Waals surface area contributed by atoms with E-state index in [-0.39, 0.29) is 11.8 Å². The number of nitrogens with zero attached hydrogens (tertiary/aromatic N) is 1. The van der Waals surface area contributed by atoms with Crippen LogP contribution in [0.15, 0.2) is 46.9 Å². The summed E-state index contributed by atoms with van der Waals surface area (Å²) in [6, 6.07) is 12.2. The minimum atomic E-state index is -1.09. The normalized spacial score (nSPS) is 11.4. The number of aromatic nitrogens is 1. The molecule has 7 nitrogen and oxygen atoms in total. The van der Waals surface area contributed by atoms with E-state index in [1.165, 1.54) is 0 Å². The Morgan fingerprint density at radius 1 is 1.19 bits per heavy atom. The van der Waals surface area contributed by atoms with Gasteiger partial charge in [0.2, 0.25) is 11.8 Å². The highest BCUT2D eigenvalue weighted by Crippen LogP contribution is 2.34. The quantitative estimate of drug-likeness (QED) is 0.707. The van der Waals surface area contributed by atoms with Gasteiger partial charge >= 0.3 is 5.97 Å². The molecule has 3 rings (SSSR count). The molecule has 3 aromatic rings. The molecule has 0 fully saturated rings. The number of fused-ring (bicyclic) bond motifs is 1. The van der Waals surface area contributed by atoms with Crippen molar-refractivity contribution < 1.29 is 23.8 Å². The highest BCUT2D eigenvalue weighted by atomic mass is 16.5. The molecule has 0 aliphatic rings. The summed E-state index contributed by atoms with van der Waals surface area (Å²) in [5.41, 5.74) is 1.70. The lowest BCUT2D eigenvalue weighted by Gasteiger charge is -2.18. The fourth-order valence-corrected chi connectivity index (χ4v) is 2.35. The zero-order valence-electron chi connectivity index (χ0n) is 15.3. The Hall–Kier alpha value is -3.35. The number of carbonyl (C=O) groups is 2. The number of amides is 1. The number of benzene rings is 2. The van der Waals surface area contributed by atoms with Crippen LogP contribution in [0.1, 0.15) is 20.8 Å². The van der Waals surface area contributed by atoms with Gasteiger partial charge < -0.3 is 19.6 Å². The molecule has 0 atom stereocenters. The van der Waals surface area contributed by atoms with Gasteiger partial charge in [-0.25, -0.2) is 9.78 Å². The van der Waals surface area contributed by atoms with Gasteiger partial charge in [-0.3, -0.25) is 4.79 Å². The van der Waals surface area contributed by atoms with Crippen molar-refractivity contribution in [3.63, 3.8) is 0 Å². The summed E-state index contributed by atoms with van der Waals surface area (Å²) in [5, 5.41) is 11.7. The van der Waals surface area contributed by atoms with Gasteiger partial charge in [0.05, 0.1) is 5.56 Å². The lowest BCUT2D eigenvalue weighted by molar-refractivity contribution is -0.139. The first-order valence-electron chi connectivity index (χ1n) is 8.40. The molecule has 2 N–H and O–H groups in total. The maximum absolute atomic E-state index is 12.3. The summed E-state index contributed by atoms with van der Waals surface area (Å²) in [7, 11) is 0. The fourth-order valence-electron chi connectivity index (χ4n) is 2.35. The van der Waals surface area contributed by atoms with Crippen molar-refractivity contribution in [2.75, 3.05) is 11.9 Å². The van der Waals surface area contributed by atoms with E-state index < -0.39 is 18.0 Å². The van der Waals surface area contributed by atoms with Crippen LogP contribution in [0.4, 0.5) is 5.69 Å². The Morgan fingerprint density at radius 2 is 1.93 bits per heavy atom. The third kappa shape index (κ3) is 4.25. The van der Waals surface area contributed by atoms with Crippen molar-refractivity contribution in [2.24, 2.45) is 5.41 Å². The summed E-state index contributed by atoms with van der Waals surface area (Å²) in [6.45, 7) is 4.94. The van der Waals surface area contributed by atoms with Crippen molar-refractivity contribution in [1.29, 1.82) is 0 Å². The number of rotatable bonds is 5. The second-order valence-corrected chi connectivity index (χ2v) is 7.08. The number of nitrogens with one attached hydrogen (secondary N) is 1. The van der Waals surface area contributed by atoms with Gasteiger partial charge in [-0.15, -0.1) is 0 Å². The van der Waals surface area contributed by atoms with Crippen molar-refractivity contribution in [1.82, 2.24) is 4.98 Å². The number of ether oxygens (including phenoxy) is 1. The molecule has 1 aromatic heterocycles. The molecule has 0 radical (unpaired) electrons. The molecule has 1 heterocycles.